The molecule has 3 aromatic rings. The third-order valence-corrected chi connectivity index (χ3v) is 6.35. The van der Waals surface area contributed by atoms with Crippen LogP contribution in [-0.2, 0) is 16.8 Å². The summed E-state index contributed by atoms with van der Waals surface area (Å²) < 4.78 is 26.2. The van der Waals surface area contributed by atoms with E-state index in [-0.39, 0.29) is 24.6 Å². The van der Waals surface area contributed by atoms with Crippen LogP contribution in [0.4, 0.5) is 4.39 Å². The van der Waals surface area contributed by atoms with Gasteiger partial charge in [-0.3, -0.25) is 4.79 Å². The zero-order valence-electron chi connectivity index (χ0n) is 21.8. The number of carboxylic acids is 1. The molecule has 0 amide bonds. The number of benzene rings is 3. The number of hydrogen-bond acceptors (Lipinski definition) is 3. The highest BCUT2D eigenvalue weighted by molar-refractivity contribution is 5.72. The van der Waals surface area contributed by atoms with E-state index in [0.29, 0.717) is 23.7 Å². The van der Waals surface area contributed by atoms with Crippen LogP contribution >= 0.6 is 0 Å². The summed E-state index contributed by atoms with van der Waals surface area (Å²) in [7, 11) is 1.57. The summed E-state index contributed by atoms with van der Waals surface area (Å²) in [6.45, 7) is 10.2. The van der Waals surface area contributed by atoms with Crippen molar-refractivity contribution < 1.29 is 23.8 Å². The fourth-order valence-corrected chi connectivity index (χ4v) is 4.28. The summed E-state index contributed by atoms with van der Waals surface area (Å²) in [5, 5.41) is 9.44. The number of methoxy groups -OCH3 is 1. The van der Waals surface area contributed by atoms with Gasteiger partial charge in [-0.2, -0.15) is 0 Å². The average molecular weight is 507 g/mol. The Labute approximate surface area is 220 Å². The molecule has 0 aliphatic carbocycles. The summed E-state index contributed by atoms with van der Waals surface area (Å²) in [5.41, 5.74) is 3.98. The van der Waals surface area contributed by atoms with Gasteiger partial charge in [-0.1, -0.05) is 71.5 Å². The van der Waals surface area contributed by atoms with E-state index in [2.05, 4.69) is 20.8 Å². The number of rotatable bonds is 9. The van der Waals surface area contributed by atoms with Crippen molar-refractivity contribution in [2.24, 2.45) is 5.92 Å². The van der Waals surface area contributed by atoms with Crippen molar-refractivity contribution in [2.45, 2.75) is 60.0 Å². The largest absolute Gasteiger partial charge is 0.497 e. The van der Waals surface area contributed by atoms with Gasteiger partial charge >= 0.3 is 5.97 Å². The second kappa shape index (κ2) is 12.6. The van der Waals surface area contributed by atoms with Crippen LogP contribution < -0.4 is 9.47 Å². The quantitative estimate of drug-likeness (QED) is 0.296. The second-order valence-electron chi connectivity index (χ2n) is 10.0. The monoisotopic (exact) mass is 506 g/mol. The zero-order chi connectivity index (χ0) is 26.5. The first kappa shape index (κ1) is 29.6. The maximum absolute atomic E-state index is 14.9. The molecular weight excluding hydrogens is 467 g/mol. The van der Waals surface area contributed by atoms with Crippen LogP contribution in [0.15, 0.2) is 72.8 Å². The third kappa shape index (κ3) is 7.22. The number of ether oxygens (including phenoxy) is 2. The van der Waals surface area contributed by atoms with Gasteiger partial charge in [0.05, 0.1) is 13.0 Å². The summed E-state index contributed by atoms with van der Waals surface area (Å²) in [4.78, 5) is 11.5. The fourth-order valence-electron chi connectivity index (χ4n) is 4.28. The Morgan fingerprint density at radius 3 is 2.22 bits per heavy atom. The second-order valence-corrected chi connectivity index (χ2v) is 10.0. The minimum atomic E-state index is -0.833. The van der Waals surface area contributed by atoms with E-state index < -0.39 is 11.9 Å². The van der Waals surface area contributed by atoms with Crippen LogP contribution in [-0.4, -0.2) is 18.2 Å². The summed E-state index contributed by atoms with van der Waals surface area (Å²) >= 11 is 0. The van der Waals surface area contributed by atoms with E-state index in [1.165, 1.54) is 6.07 Å². The Bertz CT molecular complexity index is 1220. The van der Waals surface area contributed by atoms with Crippen molar-refractivity contribution in [2.75, 3.05) is 7.11 Å². The first-order valence-corrected chi connectivity index (χ1v) is 12.1. The molecule has 0 aliphatic rings. The van der Waals surface area contributed by atoms with E-state index in [1.54, 1.807) is 26.2 Å². The predicted molar refractivity (Wildman–Crippen MR) is 149 cm³/mol. The lowest BCUT2D eigenvalue weighted by atomic mass is 9.81. The van der Waals surface area contributed by atoms with Crippen LogP contribution in [0, 0.1) is 11.7 Å². The molecule has 3 rings (SSSR count). The first-order valence-electron chi connectivity index (χ1n) is 12.1. The van der Waals surface area contributed by atoms with Crippen LogP contribution in [0.2, 0.25) is 0 Å². The molecule has 0 fully saturated rings. The molecule has 0 heterocycles. The number of hydrogen-bond donors (Lipinski definition) is 1. The molecule has 0 spiro atoms. The molecule has 37 heavy (non-hydrogen) atoms. The van der Waals surface area contributed by atoms with Crippen molar-refractivity contribution in [1.29, 1.82) is 0 Å². The van der Waals surface area contributed by atoms with Crippen molar-refractivity contribution in [3.8, 4) is 22.6 Å². The van der Waals surface area contributed by atoms with Gasteiger partial charge in [0.15, 0.2) is 0 Å². The highest BCUT2D eigenvalue weighted by atomic mass is 19.1. The fraction of sp³-hybridized carbons (Fsp3) is 0.344. The Morgan fingerprint density at radius 1 is 1.00 bits per heavy atom. The van der Waals surface area contributed by atoms with Crippen molar-refractivity contribution in [1.82, 2.24) is 0 Å². The highest BCUT2D eigenvalue weighted by Crippen LogP contribution is 2.37. The lowest BCUT2D eigenvalue weighted by molar-refractivity contribution is -0.141. The highest BCUT2D eigenvalue weighted by Gasteiger charge is 2.23. The van der Waals surface area contributed by atoms with Crippen molar-refractivity contribution >= 4 is 5.97 Å². The van der Waals surface area contributed by atoms with Crippen molar-refractivity contribution in [3.63, 3.8) is 0 Å². The number of halogens is 1. The van der Waals surface area contributed by atoms with Gasteiger partial charge in [0.25, 0.3) is 0 Å². The smallest absolute Gasteiger partial charge is 0.307 e. The van der Waals surface area contributed by atoms with Gasteiger partial charge in [0.1, 0.15) is 23.9 Å². The standard InChI is InChI=1S/C31H35FO4.CH4/c1-7-8-25(20(2)30(33)34)22-10-12-23(13-11-22)36-19-21-9-15-28(31(3,4)5)26(17-21)27-18-24(35-6)14-16-29(27)32;/h7-18,20,25H,19H2,1-6H3,(H,33,34);1H4/b8-7-;/t20-,25+;/m0./s1. The van der Waals surface area contributed by atoms with Gasteiger partial charge < -0.3 is 14.6 Å². The summed E-state index contributed by atoms with van der Waals surface area (Å²) in [6, 6.07) is 18.3. The molecular formula is C32H39FO4. The molecule has 4 nitrogen and oxygen atoms in total. The van der Waals surface area contributed by atoms with Gasteiger partial charge in [0, 0.05) is 11.5 Å². The van der Waals surface area contributed by atoms with Gasteiger partial charge in [-0.05, 0) is 71.0 Å². The molecule has 0 aromatic heterocycles. The molecule has 0 radical (unpaired) electrons. The van der Waals surface area contributed by atoms with Crippen LogP contribution in [0.3, 0.4) is 0 Å². The molecule has 198 valence electrons. The molecule has 2 atom stereocenters. The third-order valence-electron chi connectivity index (χ3n) is 6.35. The van der Waals surface area contributed by atoms with E-state index in [9.17, 15) is 14.3 Å². The van der Waals surface area contributed by atoms with Crippen LogP contribution in [0.25, 0.3) is 11.1 Å². The van der Waals surface area contributed by atoms with E-state index in [1.807, 2.05) is 61.5 Å². The maximum Gasteiger partial charge on any atom is 0.307 e. The van der Waals surface area contributed by atoms with Gasteiger partial charge in [0.2, 0.25) is 0 Å². The van der Waals surface area contributed by atoms with Crippen LogP contribution in [0.1, 0.15) is 64.7 Å². The Kier molecular flexibility index (Phi) is 10.1. The number of allylic oxidation sites excluding steroid dienone is 2. The first-order chi connectivity index (χ1) is 17.0. The van der Waals surface area contributed by atoms with Crippen LogP contribution in [0.5, 0.6) is 11.5 Å². The van der Waals surface area contributed by atoms with Gasteiger partial charge in [-0.15, -0.1) is 0 Å². The van der Waals surface area contributed by atoms with Crippen molar-refractivity contribution in [3.05, 3.63) is 95.3 Å². The van der Waals surface area contributed by atoms with E-state index in [0.717, 1.165) is 22.3 Å². The maximum atomic E-state index is 14.9. The predicted octanol–water partition coefficient (Wildman–Crippen LogP) is 8.39. The number of carboxylic acid groups (broad SMARTS) is 1. The summed E-state index contributed by atoms with van der Waals surface area (Å²) in [6.07, 6.45) is 3.78. The Morgan fingerprint density at radius 2 is 1.65 bits per heavy atom. The topological polar surface area (TPSA) is 55.8 Å². The normalized spacial score (nSPS) is 13.1. The molecule has 3 aromatic carbocycles. The molecule has 0 bridgehead atoms. The molecule has 5 heteroatoms. The van der Waals surface area contributed by atoms with Gasteiger partial charge in [-0.25, -0.2) is 4.39 Å². The zero-order valence-corrected chi connectivity index (χ0v) is 21.8. The number of aliphatic carboxylic acids is 1. The molecule has 1 N–H and O–H groups in total. The lowest BCUT2D eigenvalue weighted by Gasteiger charge is -2.24. The molecule has 0 saturated heterocycles. The van der Waals surface area contributed by atoms with E-state index in [4.69, 9.17) is 9.47 Å². The molecule has 0 unspecified atom stereocenters. The Hall–Kier alpha value is -3.60. The Balaban J connectivity index is 0.00000481. The lowest BCUT2D eigenvalue weighted by Crippen LogP contribution is -2.17. The van der Waals surface area contributed by atoms with E-state index >= 15 is 0 Å². The summed E-state index contributed by atoms with van der Waals surface area (Å²) in [5.74, 6) is -0.616. The number of carbonyl (C=O) groups is 1. The minimum Gasteiger partial charge on any atom is -0.497 e. The minimum absolute atomic E-state index is 0. The molecule has 0 aliphatic heterocycles. The average Bonchev–Trinajstić information content (AvgIpc) is 2.85. The molecule has 0 saturated carbocycles. The SMILES string of the molecule is C.C/C=C\[C@@H](c1ccc(OCc2ccc(C(C)(C)C)c(-c3cc(OC)ccc3F)c2)cc1)[C@H](C)C(=O)O.